The van der Waals surface area contributed by atoms with Gasteiger partial charge in [-0.25, -0.2) is 4.39 Å². The molecule has 1 aromatic heterocycles. The van der Waals surface area contributed by atoms with E-state index in [4.69, 9.17) is 0 Å². The Kier molecular flexibility index (Phi) is 3.44. The highest BCUT2D eigenvalue weighted by molar-refractivity contribution is 5.81. The van der Waals surface area contributed by atoms with Gasteiger partial charge in [-0.05, 0) is 23.8 Å². The zero-order valence-electron chi connectivity index (χ0n) is 10.8. The van der Waals surface area contributed by atoms with Crippen LogP contribution in [0.1, 0.15) is 17.2 Å². The molecule has 1 heterocycles. The first-order valence-electron chi connectivity index (χ1n) is 6.50. The van der Waals surface area contributed by atoms with Crippen LogP contribution in [0.4, 0.5) is 4.39 Å². The molecule has 0 fully saturated rings. The molecule has 3 aromatic rings. The van der Waals surface area contributed by atoms with E-state index in [-0.39, 0.29) is 5.82 Å². The lowest BCUT2D eigenvalue weighted by Gasteiger charge is -2.13. The van der Waals surface area contributed by atoms with Gasteiger partial charge >= 0.3 is 0 Å². The van der Waals surface area contributed by atoms with E-state index in [1.54, 1.807) is 18.3 Å². The number of para-hydroxylation sites is 1. The summed E-state index contributed by atoms with van der Waals surface area (Å²) in [6, 6.07) is 15.8. The maximum Gasteiger partial charge on any atom is 0.123 e. The third kappa shape index (κ3) is 2.53. The number of benzene rings is 2. The van der Waals surface area contributed by atoms with E-state index in [9.17, 15) is 9.50 Å². The summed E-state index contributed by atoms with van der Waals surface area (Å²) < 4.78 is 12.9. The largest absolute Gasteiger partial charge is 0.388 e. The third-order valence-corrected chi connectivity index (χ3v) is 3.37. The molecule has 3 heteroatoms. The number of nitrogens with zero attached hydrogens (tertiary/aromatic N) is 1. The Hall–Kier alpha value is -2.26. The number of aromatic nitrogens is 1. The number of rotatable bonds is 3. The molecular weight excluding hydrogens is 253 g/mol. The molecular formula is C17H14FNO. The third-order valence-electron chi connectivity index (χ3n) is 3.37. The molecule has 1 N–H and O–H groups in total. The minimum atomic E-state index is -0.654. The van der Waals surface area contributed by atoms with Crippen molar-refractivity contribution in [3.05, 3.63) is 77.7 Å². The quantitative estimate of drug-likeness (QED) is 0.785. The Bertz CT molecular complexity index is 719. The second-order valence-corrected chi connectivity index (χ2v) is 4.77. The maximum atomic E-state index is 12.9. The van der Waals surface area contributed by atoms with Gasteiger partial charge in [-0.1, -0.05) is 36.4 Å². The standard InChI is InChI=1S/C17H14FNO/c18-14-8-6-12(7-9-14)11-16(20)15-5-1-3-13-4-2-10-19-17(13)15/h1-10,16,20H,11H2. The van der Waals surface area contributed by atoms with Gasteiger partial charge in [0.05, 0.1) is 11.6 Å². The molecule has 1 unspecified atom stereocenters. The highest BCUT2D eigenvalue weighted by atomic mass is 19.1. The Balaban J connectivity index is 1.92. The van der Waals surface area contributed by atoms with Gasteiger partial charge in [0.25, 0.3) is 0 Å². The predicted octanol–water partition coefficient (Wildman–Crippen LogP) is 3.65. The molecule has 0 spiro atoms. The molecule has 0 amide bonds. The molecule has 0 saturated carbocycles. The van der Waals surface area contributed by atoms with E-state index in [0.717, 1.165) is 22.0 Å². The van der Waals surface area contributed by atoms with Gasteiger partial charge in [-0.15, -0.1) is 0 Å². The normalized spacial score (nSPS) is 12.5. The van der Waals surface area contributed by atoms with Gasteiger partial charge in [0.15, 0.2) is 0 Å². The first-order chi connectivity index (χ1) is 9.74. The summed E-state index contributed by atoms with van der Waals surface area (Å²) in [6.07, 6.45) is 1.51. The number of fused-ring (bicyclic) bond motifs is 1. The summed E-state index contributed by atoms with van der Waals surface area (Å²) in [6.45, 7) is 0. The van der Waals surface area contributed by atoms with Crippen LogP contribution in [0.15, 0.2) is 60.8 Å². The van der Waals surface area contributed by atoms with Gasteiger partial charge in [0.1, 0.15) is 5.82 Å². The molecule has 0 bridgehead atoms. The molecule has 0 aliphatic carbocycles. The number of hydrogen-bond acceptors (Lipinski definition) is 2. The highest BCUT2D eigenvalue weighted by Gasteiger charge is 2.12. The van der Waals surface area contributed by atoms with Crippen LogP contribution >= 0.6 is 0 Å². The Morgan fingerprint density at radius 2 is 1.75 bits per heavy atom. The lowest BCUT2D eigenvalue weighted by Crippen LogP contribution is -2.03. The van der Waals surface area contributed by atoms with Crippen LogP contribution in [-0.2, 0) is 6.42 Å². The van der Waals surface area contributed by atoms with E-state index in [2.05, 4.69) is 4.98 Å². The van der Waals surface area contributed by atoms with E-state index in [1.165, 1.54) is 12.1 Å². The van der Waals surface area contributed by atoms with Crippen molar-refractivity contribution in [3.63, 3.8) is 0 Å². The Morgan fingerprint density at radius 3 is 2.55 bits per heavy atom. The number of aliphatic hydroxyl groups is 1. The maximum absolute atomic E-state index is 12.9. The fraction of sp³-hybridized carbons (Fsp3) is 0.118. The van der Waals surface area contributed by atoms with Crippen molar-refractivity contribution in [1.82, 2.24) is 4.98 Å². The molecule has 1 atom stereocenters. The minimum Gasteiger partial charge on any atom is -0.388 e. The molecule has 3 rings (SSSR count). The second kappa shape index (κ2) is 5.39. The summed E-state index contributed by atoms with van der Waals surface area (Å²) >= 11 is 0. The van der Waals surface area contributed by atoms with Gasteiger partial charge in [-0.3, -0.25) is 4.98 Å². The van der Waals surface area contributed by atoms with Crippen molar-refractivity contribution in [2.75, 3.05) is 0 Å². The molecule has 0 aliphatic heterocycles. The van der Waals surface area contributed by atoms with E-state index >= 15 is 0 Å². The summed E-state index contributed by atoms with van der Waals surface area (Å²) in [5.74, 6) is -0.268. The Labute approximate surface area is 116 Å². The zero-order valence-corrected chi connectivity index (χ0v) is 10.8. The fourth-order valence-electron chi connectivity index (χ4n) is 2.35. The van der Waals surface area contributed by atoms with Crippen molar-refractivity contribution >= 4 is 10.9 Å². The van der Waals surface area contributed by atoms with Gasteiger partial charge < -0.3 is 5.11 Å². The molecule has 2 nitrogen and oxygen atoms in total. The highest BCUT2D eigenvalue weighted by Crippen LogP contribution is 2.25. The summed E-state index contributed by atoms with van der Waals surface area (Å²) in [5.41, 5.74) is 2.50. The average molecular weight is 267 g/mol. The van der Waals surface area contributed by atoms with Crippen LogP contribution < -0.4 is 0 Å². The fourth-order valence-corrected chi connectivity index (χ4v) is 2.35. The SMILES string of the molecule is OC(Cc1ccc(F)cc1)c1cccc2cccnc12. The van der Waals surface area contributed by atoms with Crippen molar-refractivity contribution in [2.24, 2.45) is 0 Å². The Morgan fingerprint density at radius 1 is 1.00 bits per heavy atom. The smallest absolute Gasteiger partial charge is 0.123 e. The van der Waals surface area contributed by atoms with Crippen LogP contribution in [0, 0.1) is 5.82 Å². The molecule has 0 radical (unpaired) electrons. The average Bonchev–Trinajstić information content (AvgIpc) is 2.49. The molecule has 0 saturated heterocycles. The molecule has 20 heavy (non-hydrogen) atoms. The van der Waals surface area contributed by atoms with E-state index in [1.807, 2.05) is 30.3 Å². The van der Waals surface area contributed by atoms with Crippen LogP contribution in [0.2, 0.25) is 0 Å². The van der Waals surface area contributed by atoms with Gasteiger partial charge in [-0.2, -0.15) is 0 Å². The van der Waals surface area contributed by atoms with Gasteiger partial charge in [0.2, 0.25) is 0 Å². The van der Waals surface area contributed by atoms with Crippen LogP contribution in [-0.4, -0.2) is 10.1 Å². The molecule has 2 aromatic carbocycles. The van der Waals surface area contributed by atoms with Crippen molar-refractivity contribution < 1.29 is 9.50 Å². The predicted molar refractivity (Wildman–Crippen MR) is 76.8 cm³/mol. The number of halogens is 1. The number of pyridine rings is 1. The summed E-state index contributed by atoms with van der Waals surface area (Å²) in [5, 5.41) is 11.4. The monoisotopic (exact) mass is 267 g/mol. The minimum absolute atomic E-state index is 0.268. The molecule has 0 aliphatic rings. The van der Waals surface area contributed by atoms with E-state index in [0.29, 0.717) is 6.42 Å². The number of aliphatic hydroxyl groups excluding tert-OH is 1. The molecule has 100 valence electrons. The lowest BCUT2D eigenvalue weighted by molar-refractivity contribution is 0.180. The lowest BCUT2D eigenvalue weighted by atomic mass is 9.99. The van der Waals surface area contributed by atoms with E-state index < -0.39 is 6.10 Å². The van der Waals surface area contributed by atoms with Crippen molar-refractivity contribution in [3.8, 4) is 0 Å². The first-order valence-corrected chi connectivity index (χ1v) is 6.50. The first kappa shape index (κ1) is 12.8. The number of hydrogen-bond donors (Lipinski definition) is 1. The van der Waals surface area contributed by atoms with Gasteiger partial charge in [0, 0.05) is 23.6 Å². The van der Waals surface area contributed by atoms with Crippen LogP contribution in [0.3, 0.4) is 0 Å². The topological polar surface area (TPSA) is 33.1 Å². The summed E-state index contributed by atoms with van der Waals surface area (Å²) in [7, 11) is 0. The summed E-state index contributed by atoms with van der Waals surface area (Å²) in [4.78, 5) is 4.34. The van der Waals surface area contributed by atoms with Crippen molar-refractivity contribution in [1.29, 1.82) is 0 Å². The van der Waals surface area contributed by atoms with Crippen LogP contribution in [0.5, 0.6) is 0 Å². The second-order valence-electron chi connectivity index (χ2n) is 4.77. The van der Waals surface area contributed by atoms with Crippen LogP contribution in [0.25, 0.3) is 10.9 Å². The van der Waals surface area contributed by atoms with Crippen molar-refractivity contribution in [2.45, 2.75) is 12.5 Å². The zero-order chi connectivity index (χ0) is 13.9.